The summed E-state index contributed by atoms with van der Waals surface area (Å²) >= 11 is 0. The fourth-order valence-corrected chi connectivity index (χ4v) is 2.47. The van der Waals surface area contributed by atoms with E-state index >= 15 is 0 Å². The summed E-state index contributed by atoms with van der Waals surface area (Å²) in [5.41, 5.74) is -0.413. The van der Waals surface area contributed by atoms with Gasteiger partial charge in [-0.15, -0.1) is 0 Å². The highest BCUT2D eigenvalue weighted by Crippen LogP contribution is 2.49. The minimum atomic E-state index is -0.212. The van der Waals surface area contributed by atoms with Crippen molar-refractivity contribution in [3.63, 3.8) is 0 Å². The molecule has 2 aliphatic rings. The largest absolute Gasteiger partial charge is 0.359 e. The normalized spacial score (nSPS) is 23.9. The van der Waals surface area contributed by atoms with Crippen molar-refractivity contribution in [3.05, 3.63) is 12.2 Å². The minimum Gasteiger partial charge on any atom is -0.359 e. The van der Waals surface area contributed by atoms with E-state index in [1.807, 2.05) is 24.8 Å². The molecular formula is C13H20N2O2. The van der Waals surface area contributed by atoms with Gasteiger partial charge in [0, 0.05) is 19.7 Å². The maximum atomic E-state index is 11.7. The van der Waals surface area contributed by atoms with Gasteiger partial charge in [0.05, 0.1) is 11.0 Å². The first-order valence-electron chi connectivity index (χ1n) is 6.14. The van der Waals surface area contributed by atoms with E-state index in [9.17, 15) is 9.59 Å². The summed E-state index contributed by atoms with van der Waals surface area (Å²) in [5.74, 6) is 0.178. The zero-order valence-corrected chi connectivity index (χ0v) is 10.7. The maximum absolute atomic E-state index is 11.7. The molecule has 0 bridgehead atoms. The van der Waals surface area contributed by atoms with Crippen LogP contribution >= 0.6 is 0 Å². The third-order valence-electron chi connectivity index (χ3n) is 3.97. The highest BCUT2D eigenvalue weighted by Gasteiger charge is 2.49. The fraction of sp³-hybridized carbons (Fsp3) is 0.692. The van der Waals surface area contributed by atoms with Gasteiger partial charge in [-0.2, -0.15) is 0 Å². The van der Waals surface area contributed by atoms with Crippen LogP contribution in [0.25, 0.3) is 0 Å². The van der Waals surface area contributed by atoms with Crippen LogP contribution in [0.5, 0.6) is 0 Å². The van der Waals surface area contributed by atoms with Crippen LogP contribution in [-0.4, -0.2) is 35.8 Å². The van der Waals surface area contributed by atoms with Crippen LogP contribution in [0.3, 0.4) is 0 Å². The van der Waals surface area contributed by atoms with E-state index in [0.29, 0.717) is 6.54 Å². The molecule has 17 heavy (non-hydrogen) atoms. The molecule has 0 aromatic rings. The molecule has 0 aromatic carbocycles. The van der Waals surface area contributed by atoms with E-state index in [0.717, 1.165) is 19.3 Å². The predicted molar refractivity (Wildman–Crippen MR) is 65.3 cm³/mol. The Balaban J connectivity index is 1.95. The first kappa shape index (κ1) is 12.1. The Morgan fingerprint density at radius 2 is 2.12 bits per heavy atom. The molecule has 0 aromatic heterocycles. The molecule has 1 heterocycles. The van der Waals surface area contributed by atoms with Crippen LogP contribution in [0.2, 0.25) is 0 Å². The first-order chi connectivity index (χ1) is 7.91. The Morgan fingerprint density at radius 3 is 2.53 bits per heavy atom. The molecule has 94 valence electrons. The Hall–Kier alpha value is -1.32. The number of hydrogen-bond acceptors (Lipinski definition) is 2. The van der Waals surface area contributed by atoms with Gasteiger partial charge in [0.15, 0.2) is 0 Å². The molecule has 0 saturated heterocycles. The number of amides is 2. The van der Waals surface area contributed by atoms with Crippen molar-refractivity contribution in [1.29, 1.82) is 0 Å². The van der Waals surface area contributed by atoms with Gasteiger partial charge in [-0.25, -0.2) is 0 Å². The topological polar surface area (TPSA) is 49.4 Å². The van der Waals surface area contributed by atoms with Crippen molar-refractivity contribution < 1.29 is 9.59 Å². The van der Waals surface area contributed by atoms with Gasteiger partial charge >= 0.3 is 0 Å². The van der Waals surface area contributed by atoms with Crippen LogP contribution in [0.1, 0.15) is 33.1 Å². The van der Waals surface area contributed by atoms with Crippen molar-refractivity contribution in [2.75, 3.05) is 13.6 Å². The SMILES string of the molecule is CNC(=O)C1(CCN2C(=O)C=CC2(C)C)CC1. The number of carbonyl (C=O) groups is 2. The smallest absolute Gasteiger partial charge is 0.247 e. The zero-order chi connectivity index (χ0) is 12.7. The van der Waals surface area contributed by atoms with Crippen LogP contribution < -0.4 is 5.32 Å². The Morgan fingerprint density at radius 1 is 1.47 bits per heavy atom. The van der Waals surface area contributed by atoms with Crippen molar-refractivity contribution >= 4 is 11.8 Å². The summed E-state index contributed by atoms with van der Waals surface area (Å²) in [5, 5.41) is 2.72. The second-order valence-electron chi connectivity index (χ2n) is 5.59. The highest BCUT2D eigenvalue weighted by molar-refractivity contribution is 5.91. The molecule has 0 atom stereocenters. The molecule has 0 spiro atoms. The van der Waals surface area contributed by atoms with Crippen LogP contribution in [0, 0.1) is 5.41 Å². The van der Waals surface area contributed by atoms with Gasteiger partial charge < -0.3 is 10.2 Å². The van der Waals surface area contributed by atoms with Crippen molar-refractivity contribution in [1.82, 2.24) is 10.2 Å². The van der Waals surface area contributed by atoms with Crippen LogP contribution in [0.15, 0.2) is 12.2 Å². The maximum Gasteiger partial charge on any atom is 0.247 e. The second-order valence-corrected chi connectivity index (χ2v) is 5.59. The van der Waals surface area contributed by atoms with Gasteiger partial charge in [0.2, 0.25) is 11.8 Å². The number of nitrogens with one attached hydrogen (secondary N) is 1. The molecule has 0 unspecified atom stereocenters. The summed E-state index contributed by atoms with van der Waals surface area (Å²) in [6.07, 6.45) is 6.21. The monoisotopic (exact) mass is 236 g/mol. The van der Waals surface area contributed by atoms with Gasteiger partial charge in [-0.1, -0.05) is 6.08 Å². The van der Waals surface area contributed by atoms with Crippen molar-refractivity contribution in [2.24, 2.45) is 5.41 Å². The van der Waals surface area contributed by atoms with Crippen molar-refractivity contribution in [2.45, 2.75) is 38.6 Å². The lowest BCUT2D eigenvalue weighted by molar-refractivity contribution is -0.130. The summed E-state index contributed by atoms with van der Waals surface area (Å²) < 4.78 is 0. The lowest BCUT2D eigenvalue weighted by Gasteiger charge is -2.32. The molecule has 0 radical (unpaired) electrons. The third kappa shape index (κ3) is 2.08. The average Bonchev–Trinajstić information content (AvgIpc) is 3.01. The standard InChI is InChI=1S/C13H20N2O2/c1-12(2)5-4-10(16)15(12)9-8-13(6-7-13)11(17)14-3/h4-5H,6-9H2,1-3H3,(H,14,17). The molecule has 1 aliphatic heterocycles. The van der Waals surface area contributed by atoms with Crippen LogP contribution in [-0.2, 0) is 9.59 Å². The average molecular weight is 236 g/mol. The summed E-state index contributed by atoms with van der Waals surface area (Å²) in [6.45, 7) is 4.70. The molecule has 4 heteroatoms. The molecule has 2 amide bonds. The molecule has 4 nitrogen and oxygen atoms in total. The van der Waals surface area contributed by atoms with E-state index < -0.39 is 0 Å². The van der Waals surface area contributed by atoms with Gasteiger partial charge in [0.1, 0.15) is 0 Å². The van der Waals surface area contributed by atoms with Crippen molar-refractivity contribution in [3.8, 4) is 0 Å². The van der Waals surface area contributed by atoms with Gasteiger partial charge in [-0.05, 0) is 33.1 Å². The third-order valence-corrected chi connectivity index (χ3v) is 3.97. The predicted octanol–water partition coefficient (Wildman–Crippen LogP) is 1.08. The summed E-state index contributed by atoms with van der Waals surface area (Å²) in [6, 6.07) is 0. The Kier molecular flexibility index (Phi) is 2.76. The molecule has 1 fully saturated rings. The lowest BCUT2D eigenvalue weighted by Crippen LogP contribution is -2.43. The van der Waals surface area contributed by atoms with E-state index in [1.165, 1.54) is 0 Å². The van der Waals surface area contributed by atoms with E-state index in [4.69, 9.17) is 0 Å². The lowest BCUT2D eigenvalue weighted by atomic mass is 9.99. The quantitative estimate of drug-likeness (QED) is 0.794. The van der Waals surface area contributed by atoms with Gasteiger partial charge in [-0.3, -0.25) is 9.59 Å². The van der Waals surface area contributed by atoms with Crippen LogP contribution in [0.4, 0.5) is 0 Å². The first-order valence-corrected chi connectivity index (χ1v) is 6.14. The fourth-order valence-electron chi connectivity index (χ4n) is 2.47. The summed E-state index contributed by atoms with van der Waals surface area (Å²) in [4.78, 5) is 25.3. The number of hydrogen-bond donors (Lipinski definition) is 1. The molecule has 1 saturated carbocycles. The van der Waals surface area contributed by atoms with E-state index in [1.54, 1.807) is 13.1 Å². The molecule has 1 N–H and O–H groups in total. The number of rotatable bonds is 4. The highest BCUT2D eigenvalue weighted by atomic mass is 16.2. The molecular weight excluding hydrogens is 216 g/mol. The zero-order valence-electron chi connectivity index (χ0n) is 10.7. The van der Waals surface area contributed by atoms with Gasteiger partial charge in [0.25, 0.3) is 0 Å². The summed E-state index contributed by atoms with van der Waals surface area (Å²) in [7, 11) is 1.68. The minimum absolute atomic E-state index is 0.0581. The number of nitrogens with zero attached hydrogens (tertiary/aromatic N) is 1. The van der Waals surface area contributed by atoms with E-state index in [2.05, 4.69) is 5.32 Å². The number of carbonyl (C=O) groups excluding carboxylic acids is 2. The van der Waals surface area contributed by atoms with E-state index in [-0.39, 0.29) is 22.8 Å². The molecule has 2 rings (SSSR count). The Labute approximate surface area is 102 Å². The second kappa shape index (κ2) is 3.86. The Bertz CT molecular complexity index is 381. The molecule has 1 aliphatic carbocycles.